The van der Waals surface area contributed by atoms with E-state index >= 15 is 0 Å². The fourth-order valence-corrected chi connectivity index (χ4v) is 4.39. The fourth-order valence-electron chi connectivity index (χ4n) is 3.25. The van der Waals surface area contributed by atoms with Crippen LogP contribution in [0.25, 0.3) is 0 Å². The minimum atomic E-state index is 0.156. The summed E-state index contributed by atoms with van der Waals surface area (Å²) in [6, 6.07) is 1.98. The van der Waals surface area contributed by atoms with Crippen LogP contribution in [0.5, 0.6) is 0 Å². The van der Waals surface area contributed by atoms with Gasteiger partial charge in [-0.05, 0) is 33.1 Å². The minimum absolute atomic E-state index is 0.156. The smallest absolute Gasteiger partial charge is 0.0985 e. The van der Waals surface area contributed by atoms with Crippen molar-refractivity contribution in [1.82, 2.24) is 15.2 Å². The van der Waals surface area contributed by atoms with Crippen molar-refractivity contribution in [1.29, 1.82) is 0 Å². The number of thiazole rings is 1. The molecular weight excluding hydrogens is 278 g/mol. The highest BCUT2D eigenvalue weighted by Crippen LogP contribution is 2.34. The summed E-state index contributed by atoms with van der Waals surface area (Å²) in [6.45, 7) is 13.7. The zero-order valence-corrected chi connectivity index (χ0v) is 14.9. The molecule has 0 aromatic carbocycles. The van der Waals surface area contributed by atoms with E-state index in [9.17, 15) is 0 Å². The molecule has 2 fully saturated rings. The van der Waals surface area contributed by atoms with Crippen LogP contribution in [0.15, 0.2) is 0 Å². The van der Waals surface area contributed by atoms with E-state index in [1.54, 1.807) is 0 Å². The lowest BCUT2D eigenvalue weighted by molar-refractivity contribution is 0.314. The van der Waals surface area contributed by atoms with E-state index < -0.39 is 0 Å². The van der Waals surface area contributed by atoms with Crippen LogP contribution in [0.3, 0.4) is 0 Å². The molecule has 0 bridgehead atoms. The molecule has 0 spiro atoms. The number of aryl methyl sites for hydroxylation is 1. The topological polar surface area (TPSA) is 28.2 Å². The van der Waals surface area contributed by atoms with Crippen LogP contribution in [0, 0.1) is 6.92 Å². The van der Waals surface area contributed by atoms with Crippen LogP contribution >= 0.6 is 11.3 Å². The molecule has 2 atom stereocenters. The van der Waals surface area contributed by atoms with Gasteiger partial charge in [-0.1, -0.05) is 20.8 Å². The van der Waals surface area contributed by atoms with Crippen molar-refractivity contribution >= 4 is 11.3 Å². The number of nitrogens with zero attached hydrogens (tertiary/aromatic N) is 2. The van der Waals surface area contributed by atoms with Gasteiger partial charge in [-0.25, -0.2) is 4.98 Å². The van der Waals surface area contributed by atoms with Gasteiger partial charge in [-0.15, -0.1) is 11.3 Å². The van der Waals surface area contributed by atoms with E-state index in [1.165, 1.54) is 47.9 Å². The second-order valence-corrected chi connectivity index (χ2v) is 8.85. The molecule has 2 unspecified atom stereocenters. The molecule has 118 valence electrons. The molecule has 0 amide bonds. The Bertz CT molecular complexity index is 499. The van der Waals surface area contributed by atoms with Crippen molar-refractivity contribution in [2.45, 2.75) is 77.4 Å². The summed E-state index contributed by atoms with van der Waals surface area (Å²) in [6.07, 6.45) is 4.14. The van der Waals surface area contributed by atoms with E-state index in [1.807, 2.05) is 11.3 Å². The second kappa shape index (κ2) is 5.64. The number of rotatable bonds is 4. The third-order valence-electron chi connectivity index (χ3n) is 4.64. The first-order chi connectivity index (χ1) is 9.84. The third kappa shape index (κ3) is 3.49. The summed E-state index contributed by atoms with van der Waals surface area (Å²) in [5, 5.41) is 5.10. The number of nitrogens with one attached hydrogen (secondary N) is 1. The van der Waals surface area contributed by atoms with Gasteiger partial charge in [0.05, 0.1) is 10.7 Å². The van der Waals surface area contributed by atoms with Crippen molar-refractivity contribution in [2.24, 2.45) is 0 Å². The quantitative estimate of drug-likeness (QED) is 0.920. The zero-order chi connectivity index (χ0) is 15.2. The Balaban J connectivity index is 1.62. The van der Waals surface area contributed by atoms with Gasteiger partial charge < -0.3 is 5.32 Å². The van der Waals surface area contributed by atoms with E-state index in [4.69, 9.17) is 4.98 Å². The van der Waals surface area contributed by atoms with E-state index in [0.717, 1.165) is 6.04 Å². The summed E-state index contributed by atoms with van der Waals surface area (Å²) in [5.41, 5.74) is 1.37. The van der Waals surface area contributed by atoms with Gasteiger partial charge in [0, 0.05) is 41.5 Å². The summed E-state index contributed by atoms with van der Waals surface area (Å²) in [4.78, 5) is 8.89. The lowest BCUT2D eigenvalue weighted by Crippen LogP contribution is -2.34. The first-order valence-electron chi connectivity index (χ1n) is 8.32. The highest BCUT2D eigenvalue weighted by Gasteiger charge is 2.35. The van der Waals surface area contributed by atoms with Gasteiger partial charge in [0.2, 0.25) is 0 Å². The van der Waals surface area contributed by atoms with Crippen LogP contribution in [0.2, 0.25) is 0 Å². The molecule has 3 rings (SSSR count). The van der Waals surface area contributed by atoms with Gasteiger partial charge >= 0.3 is 0 Å². The standard InChI is InChI=1S/C17H29N3S/c1-11(15-12(2)19-16(21-15)17(3,4)5)18-13-8-9-20(10-13)14-6-7-14/h11,13-14,18H,6-10H2,1-5H3. The van der Waals surface area contributed by atoms with Crippen LogP contribution in [-0.4, -0.2) is 35.1 Å². The number of aromatic nitrogens is 1. The van der Waals surface area contributed by atoms with Gasteiger partial charge in [0.1, 0.15) is 0 Å². The maximum Gasteiger partial charge on any atom is 0.0985 e. The molecule has 1 saturated carbocycles. The van der Waals surface area contributed by atoms with Crippen molar-refractivity contribution in [3.05, 3.63) is 15.6 Å². The highest BCUT2D eigenvalue weighted by molar-refractivity contribution is 7.12. The van der Waals surface area contributed by atoms with Crippen LogP contribution in [-0.2, 0) is 5.41 Å². The maximum absolute atomic E-state index is 4.80. The van der Waals surface area contributed by atoms with Crippen LogP contribution in [0.4, 0.5) is 0 Å². The highest BCUT2D eigenvalue weighted by atomic mass is 32.1. The summed E-state index contributed by atoms with van der Waals surface area (Å²) < 4.78 is 0. The Labute approximate surface area is 133 Å². The maximum atomic E-state index is 4.80. The molecule has 3 nitrogen and oxygen atoms in total. The molecule has 4 heteroatoms. The lowest BCUT2D eigenvalue weighted by Gasteiger charge is -2.20. The minimum Gasteiger partial charge on any atom is -0.305 e. The van der Waals surface area contributed by atoms with Crippen molar-refractivity contribution in [2.75, 3.05) is 13.1 Å². The fraction of sp³-hybridized carbons (Fsp3) is 0.824. The molecule has 2 heterocycles. The molecule has 0 radical (unpaired) electrons. The predicted molar refractivity (Wildman–Crippen MR) is 90.1 cm³/mol. The monoisotopic (exact) mass is 307 g/mol. The Morgan fingerprint density at radius 3 is 2.57 bits per heavy atom. The molecule has 1 aliphatic carbocycles. The average molecular weight is 308 g/mol. The third-order valence-corrected chi connectivity index (χ3v) is 6.40. The van der Waals surface area contributed by atoms with Crippen LogP contribution < -0.4 is 5.32 Å². The average Bonchev–Trinajstić information content (AvgIpc) is 3.00. The largest absolute Gasteiger partial charge is 0.305 e. The molecule has 1 aromatic heterocycles. The normalized spacial score (nSPS) is 25.5. The number of hydrogen-bond acceptors (Lipinski definition) is 4. The van der Waals surface area contributed by atoms with Gasteiger partial charge in [0.25, 0.3) is 0 Å². The molecule has 21 heavy (non-hydrogen) atoms. The molecule has 1 N–H and O–H groups in total. The Kier molecular flexibility index (Phi) is 4.15. The molecule has 2 aliphatic rings. The first-order valence-corrected chi connectivity index (χ1v) is 9.14. The van der Waals surface area contributed by atoms with Gasteiger partial charge in [0.15, 0.2) is 0 Å². The van der Waals surface area contributed by atoms with E-state index in [-0.39, 0.29) is 5.41 Å². The van der Waals surface area contributed by atoms with Crippen LogP contribution in [0.1, 0.15) is 68.6 Å². The Morgan fingerprint density at radius 2 is 2.00 bits per heavy atom. The first kappa shape index (κ1) is 15.4. The molecular formula is C17H29N3S. The Hall–Kier alpha value is -0.450. The van der Waals surface area contributed by atoms with E-state index in [0.29, 0.717) is 12.1 Å². The Morgan fingerprint density at radius 1 is 1.29 bits per heavy atom. The molecule has 1 aromatic rings. The van der Waals surface area contributed by atoms with E-state index in [2.05, 4.69) is 44.8 Å². The number of likely N-dealkylation sites (tertiary alicyclic amines) is 1. The van der Waals surface area contributed by atoms with Crippen molar-refractivity contribution in [3.8, 4) is 0 Å². The summed E-state index contributed by atoms with van der Waals surface area (Å²) >= 11 is 1.89. The second-order valence-electron chi connectivity index (χ2n) is 7.82. The summed E-state index contributed by atoms with van der Waals surface area (Å²) in [5.74, 6) is 0. The zero-order valence-electron chi connectivity index (χ0n) is 14.1. The van der Waals surface area contributed by atoms with Crippen molar-refractivity contribution in [3.63, 3.8) is 0 Å². The predicted octanol–water partition coefficient (Wildman–Crippen LogP) is 3.64. The van der Waals surface area contributed by atoms with Gasteiger partial charge in [-0.2, -0.15) is 0 Å². The summed E-state index contributed by atoms with van der Waals surface area (Å²) in [7, 11) is 0. The van der Waals surface area contributed by atoms with Crippen molar-refractivity contribution < 1.29 is 0 Å². The van der Waals surface area contributed by atoms with Gasteiger partial charge in [-0.3, -0.25) is 4.90 Å². The lowest BCUT2D eigenvalue weighted by atomic mass is 9.98. The number of hydrogen-bond donors (Lipinski definition) is 1. The molecule has 1 saturated heterocycles. The SMILES string of the molecule is Cc1nc(C(C)(C)C)sc1C(C)NC1CCN(C2CC2)C1. The molecule has 1 aliphatic heterocycles.